The van der Waals surface area contributed by atoms with Crippen LogP contribution < -0.4 is 10.6 Å². The lowest BCUT2D eigenvalue weighted by molar-refractivity contribution is -0.904. The lowest BCUT2D eigenvalue weighted by Gasteiger charge is -2.42. The van der Waals surface area contributed by atoms with Gasteiger partial charge in [-0.1, -0.05) is 67.6 Å². The minimum Gasteiger partial charge on any atom is -0.319 e. The number of likely N-dealkylation sites (tertiary alicyclic amines) is 1. The summed E-state index contributed by atoms with van der Waals surface area (Å²) in [6.07, 6.45) is 3.20. The molecule has 2 nitrogen and oxygen atoms in total. The highest BCUT2D eigenvalue weighted by Crippen LogP contribution is 2.46. The molecule has 0 radical (unpaired) electrons. The highest BCUT2D eigenvalue weighted by molar-refractivity contribution is 7.78. The number of benzene rings is 2. The first kappa shape index (κ1) is 16.5. The quantitative estimate of drug-likeness (QED) is 0.616. The van der Waals surface area contributed by atoms with Crippen LogP contribution in [-0.4, -0.2) is 30.9 Å². The van der Waals surface area contributed by atoms with Crippen molar-refractivity contribution in [3.63, 3.8) is 0 Å². The number of rotatable bonds is 4. The minimum absolute atomic E-state index is 0.730. The van der Waals surface area contributed by atoms with Gasteiger partial charge in [0.2, 0.25) is 0 Å². The summed E-state index contributed by atoms with van der Waals surface area (Å²) in [6.45, 7) is 4.59. The topological polar surface area (TPSA) is 17.1 Å². The van der Waals surface area contributed by atoms with E-state index in [4.69, 9.17) is 0 Å². The van der Waals surface area contributed by atoms with Gasteiger partial charge in [0.15, 0.2) is 7.14 Å². The molecule has 1 aliphatic rings. The summed E-state index contributed by atoms with van der Waals surface area (Å²) in [7, 11) is -0.323. The predicted octanol–water partition coefficient (Wildman–Crippen LogP) is 3.83. The van der Waals surface area contributed by atoms with Crippen molar-refractivity contribution in [2.75, 3.05) is 26.4 Å². The normalized spacial score (nSPS) is 25.2. The molecule has 1 fully saturated rings. The summed E-state index contributed by atoms with van der Waals surface area (Å²) in [4.78, 5) is 0. The van der Waals surface area contributed by atoms with Gasteiger partial charge < -0.3 is 9.05 Å². The number of hydrogen-bond donors (Lipinski definition) is 0. The van der Waals surface area contributed by atoms with E-state index in [1.807, 2.05) is 60.7 Å². The third-order valence-corrected chi connectivity index (χ3v) is 8.56. The van der Waals surface area contributed by atoms with E-state index in [-0.39, 0.29) is 0 Å². The molecule has 0 unspecified atom stereocenters. The van der Waals surface area contributed by atoms with Crippen LogP contribution in [0.25, 0.3) is 0 Å². The van der Waals surface area contributed by atoms with Gasteiger partial charge in [0.25, 0.3) is 0 Å². The second-order valence-corrected chi connectivity index (χ2v) is 10.1. The van der Waals surface area contributed by atoms with Crippen molar-refractivity contribution in [3.8, 4) is 0 Å². The van der Waals surface area contributed by atoms with Crippen molar-refractivity contribution in [1.82, 2.24) is 0 Å². The summed E-state index contributed by atoms with van der Waals surface area (Å²) >= 11 is 0. The second kappa shape index (κ2) is 6.63. The van der Waals surface area contributed by atoms with Crippen LogP contribution in [0.5, 0.6) is 0 Å². The van der Waals surface area contributed by atoms with Crippen molar-refractivity contribution in [1.29, 1.82) is 0 Å². The molecule has 1 saturated heterocycles. The first-order valence-electron chi connectivity index (χ1n) is 8.56. The Hall–Kier alpha value is -1.37. The fourth-order valence-electron chi connectivity index (χ4n) is 3.59. The van der Waals surface area contributed by atoms with Gasteiger partial charge in [0.1, 0.15) is 6.29 Å². The van der Waals surface area contributed by atoms with Crippen LogP contribution in [0, 0.1) is 5.92 Å². The Balaban J connectivity index is 1.98. The minimum atomic E-state index is -2.61. The van der Waals surface area contributed by atoms with Gasteiger partial charge in [-0.2, -0.15) is 0 Å². The fourth-order valence-corrected chi connectivity index (χ4v) is 6.77. The number of nitrogens with zero attached hydrogens (tertiary/aromatic N) is 1. The van der Waals surface area contributed by atoms with Crippen LogP contribution in [0.3, 0.4) is 0 Å². The molecule has 0 spiro atoms. The fraction of sp³-hybridized carbons (Fsp3) is 0.400. The second-order valence-electron chi connectivity index (χ2n) is 7.30. The molecule has 0 aromatic heterocycles. The Kier molecular flexibility index (Phi) is 4.75. The lowest BCUT2D eigenvalue weighted by atomic mass is 9.98. The molecule has 3 heteroatoms. The van der Waals surface area contributed by atoms with Gasteiger partial charge in [-0.05, 0) is 18.8 Å². The SMILES string of the molecule is CC1CC[N+](C)(CP(=O)(c2ccccc2)c2ccccc2)CC1. The smallest absolute Gasteiger partial charge is 0.195 e. The molecule has 2 aromatic rings. The molecule has 0 bridgehead atoms. The highest BCUT2D eigenvalue weighted by atomic mass is 31.2. The zero-order chi connectivity index (χ0) is 16.3. The molecule has 2 aromatic carbocycles. The largest absolute Gasteiger partial charge is 0.319 e. The molecule has 0 aliphatic carbocycles. The van der Waals surface area contributed by atoms with E-state index in [0.29, 0.717) is 0 Å². The molecular formula is C20H27NOP+. The van der Waals surface area contributed by atoms with Gasteiger partial charge in [-0.15, -0.1) is 0 Å². The van der Waals surface area contributed by atoms with Gasteiger partial charge in [-0.3, -0.25) is 0 Å². The molecule has 3 rings (SSSR count). The molecule has 0 N–H and O–H groups in total. The summed E-state index contributed by atoms with van der Waals surface area (Å²) in [6, 6.07) is 20.1. The van der Waals surface area contributed by atoms with Gasteiger partial charge in [0.05, 0.1) is 20.1 Å². The van der Waals surface area contributed by atoms with Gasteiger partial charge >= 0.3 is 0 Å². The summed E-state index contributed by atoms with van der Waals surface area (Å²) < 4.78 is 15.1. The highest BCUT2D eigenvalue weighted by Gasteiger charge is 2.39. The Labute approximate surface area is 140 Å². The van der Waals surface area contributed by atoms with Crippen LogP contribution in [-0.2, 0) is 4.57 Å². The molecule has 0 atom stereocenters. The standard InChI is InChI=1S/C20H27NOP/c1-18-13-15-21(2,16-14-18)17-23(22,19-9-5-3-6-10-19)20-11-7-4-8-12-20/h3-12,18H,13-17H2,1-2H3/q+1. The van der Waals surface area contributed by atoms with E-state index in [0.717, 1.165) is 40.4 Å². The predicted molar refractivity (Wildman–Crippen MR) is 98.9 cm³/mol. The van der Waals surface area contributed by atoms with Crippen molar-refractivity contribution in [2.45, 2.75) is 19.8 Å². The van der Waals surface area contributed by atoms with E-state index in [9.17, 15) is 4.57 Å². The molecule has 23 heavy (non-hydrogen) atoms. The number of quaternary nitrogens is 1. The number of piperidine rings is 1. The van der Waals surface area contributed by atoms with Crippen LogP contribution in [0.2, 0.25) is 0 Å². The molecule has 0 saturated carbocycles. The first-order chi connectivity index (χ1) is 11.0. The van der Waals surface area contributed by atoms with E-state index in [1.165, 1.54) is 12.8 Å². The maximum atomic E-state index is 14.2. The van der Waals surface area contributed by atoms with Gasteiger partial charge in [-0.25, -0.2) is 0 Å². The van der Waals surface area contributed by atoms with E-state index in [2.05, 4.69) is 14.0 Å². The summed E-state index contributed by atoms with van der Waals surface area (Å²) in [5, 5.41) is 1.98. The van der Waals surface area contributed by atoms with Crippen molar-refractivity contribution >= 4 is 17.8 Å². The molecule has 122 valence electrons. The Morgan fingerprint density at radius 3 is 1.78 bits per heavy atom. The van der Waals surface area contributed by atoms with Crippen LogP contribution in [0.1, 0.15) is 19.8 Å². The van der Waals surface area contributed by atoms with Crippen LogP contribution >= 0.6 is 7.14 Å². The van der Waals surface area contributed by atoms with Crippen molar-refractivity contribution < 1.29 is 9.05 Å². The average molecular weight is 328 g/mol. The third-order valence-electron chi connectivity index (χ3n) is 5.21. The molecule has 1 heterocycles. The maximum Gasteiger partial charge on any atom is 0.195 e. The monoisotopic (exact) mass is 328 g/mol. The number of hydrogen-bond acceptors (Lipinski definition) is 1. The average Bonchev–Trinajstić information content (AvgIpc) is 2.59. The summed E-state index contributed by atoms with van der Waals surface area (Å²) in [5.41, 5.74) is 0. The lowest BCUT2D eigenvalue weighted by Crippen LogP contribution is -2.51. The van der Waals surface area contributed by atoms with Crippen molar-refractivity contribution in [3.05, 3.63) is 60.7 Å². The molecular weight excluding hydrogens is 301 g/mol. The zero-order valence-corrected chi connectivity index (χ0v) is 15.1. The van der Waals surface area contributed by atoms with E-state index >= 15 is 0 Å². The molecule has 0 amide bonds. The molecule has 1 aliphatic heterocycles. The van der Waals surface area contributed by atoms with Crippen LogP contribution in [0.15, 0.2) is 60.7 Å². The Bertz CT molecular complexity index is 632. The van der Waals surface area contributed by atoms with Crippen LogP contribution in [0.4, 0.5) is 0 Å². The Morgan fingerprint density at radius 1 is 0.913 bits per heavy atom. The maximum absolute atomic E-state index is 14.2. The van der Waals surface area contributed by atoms with E-state index in [1.54, 1.807) is 0 Å². The summed E-state index contributed by atoms with van der Waals surface area (Å²) in [5.74, 6) is 0.800. The van der Waals surface area contributed by atoms with Crippen molar-refractivity contribution in [2.24, 2.45) is 5.92 Å². The zero-order valence-electron chi connectivity index (χ0n) is 14.2. The third kappa shape index (κ3) is 3.59. The van der Waals surface area contributed by atoms with E-state index < -0.39 is 7.14 Å². The van der Waals surface area contributed by atoms with Gasteiger partial charge in [0, 0.05) is 10.6 Å². The first-order valence-corrected chi connectivity index (χ1v) is 10.4. The Morgan fingerprint density at radius 2 is 1.35 bits per heavy atom.